The third-order valence-electron chi connectivity index (χ3n) is 2.63. The van der Waals surface area contributed by atoms with Crippen LogP contribution in [0.4, 0.5) is 0 Å². The number of carboxylic acids is 1. The number of methoxy groups -OCH3 is 1. The van der Waals surface area contributed by atoms with Crippen LogP contribution in [0.3, 0.4) is 0 Å². The number of allylic oxidation sites excluding steroid dienone is 4. The second-order valence-electron chi connectivity index (χ2n) is 3.74. The maximum atomic E-state index is 11.1. The molecule has 88 valence electrons. The second kappa shape index (κ2) is 6.28. The fourth-order valence-corrected chi connectivity index (χ4v) is 1.90. The monoisotopic (exact) mass is 222 g/mol. The molecule has 0 spiro atoms. The molecule has 3 nitrogen and oxygen atoms in total. The molecule has 0 aromatic carbocycles. The highest BCUT2D eigenvalue weighted by atomic mass is 16.5. The van der Waals surface area contributed by atoms with Gasteiger partial charge in [-0.25, -0.2) is 4.79 Å². The summed E-state index contributed by atoms with van der Waals surface area (Å²) in [5, 5.41) is 9.15. The van der Waals surface area contributed by atoms with E-state index in [0.717, 1.165) is 6.42 Å². The highest BCUT2D eigenvalue weighted by Gasteiger charge is 2.26. The first kappa shape index (κ1) is 12.7. The molecule has 0 saturated carbocycles. The van der Waals surface area contributed by atoms with Gasteiger partial charge >= 0.3 is 5.97 Å². The van der Waals surface area contributed by atoms with Crippen molar-refractivity contribution in [2.75, 3.05) is 7.11 Å². The molecule has 0 fully saturated rings. The summed E-state index contributed by atoms with van der Waals surface area (Å²) in [6.07, 6.45) is 10.8. The maximum absolute atomic E-state index is 11.1. The van der Waals surface area contributed by atoms with Crippen LogP contribution >= 0.6 is 0 Å². The van der Waals surface area contributed by atoms with Gasteiger partial charge in [0.1, 0.15) is 0 Å². The average molecular weight is 222 g/mol. The van der Waals surface area contributed by atoms with Crippen molar-refractivity contribution in [2.24, 2.45) is 5.92 Å². The summed E-state index contributed by atoms with van der Waals surface area (Å²) in [7, 11) is 1.56. The van der Waals surface area contributed by atoms with E-state index >= 15 is 0 Å². The Hall–Kier alpha value is -1.35. The van der Waals surface area contributed by atoms with Crippen LogP contribution < -0.4 is 0 Å². The molecular weight excluding hydrogens is 204 g/mol. The van der Waals surface area contributed by atoms with E-state index in [2.05, 4.69) is 0 Å². The van der Waals surface area contributed by atoms with Gasteiger partial charge in [0.15, 0.2) is 0 Å². The Morgan fingerprint density at radius 3 is 2.81 bits per heavy atom. The highest BCUT2D eigenvalue weighted by molar-refractivity contribution is 5.87. The number of aliphatic carboxylic acids is 1. The topological polar surface area (TPSA) is 46.5 Å². The lowest BCUT2D eigenvalue weighted by Gasteiger charge is -2.24. The molecule has 2 unspecified atom stereocenters. The van der Waals surface area contributed by atoms with Crippen molar-refractivity contribution in [3.63, 3.8) is 0 Å². The van der Waals surface area contributed by atoms with Gasteiger partial charge in [0.05, 0.1) is 11.7 Å². The van der Waals surface area contributed by atoms with Crippen LogP contribution in [0.5, 0.6) is 0 Å². The fraction of sp³-hybridized carbons (Fsp3) is 0.462. The van der Waals surface area contributed by atoms with E-state index in [9.17, 15) is 4.79 Å². The van der Waals surface area contributed by atoms with E-state index in [4.69, 9.17) is 9.84 Å². The minimum absolute atomic E-state index is 0.115. The van der Waals surface area contributed by atoms with Crippen molar-refractivity contribution in [3.05, 3.63) is 36.0 Å². The molecule has 16 heavy (non-hydrogen) atoms. The number of carbonyl (C=O) groups is 1. The summed E-state index contributed by atoms with van der Waals surface area (Å²) in [5.41, 5.74) is 0.356. The second-order valence-corrected chi connectivity index (χ2v) is 3.74. The smallest absolute Gasteiger partial charge is 0.333 e. The Bertz CT molecular complexity index is 326. The van der Waals surface area contributed by atoms with Gasteiger partial charge in [0.25, 0.3) is 0 Å². The van der Waals surface area contributed by atoms with Crippen molar-refractivity contribution in [1.82, 2.24) is 0 Å². The minimum atomic E-state index is -0.892. The van der Waals surface area contributed by atoms with Crippen molar-refractivity contribution in [1.29, 1.82) is 0 Å². The molecule has 2 atom stereocenters. The van der Waals surface area contributed by atoms with Gasteiger partial charge in [-0.05, 0) is 12.8 Å². The predicted octanol–water partition coefficient (Wildman–Crippen LogP) is 2.55. The van der Waals surface area contributed by atoms with Crippen molar-refractivity contribution < 1.29 is 14.6 Å². The summed E-state index contributed by atoms with van der Waals surface area (Å²) in [6.45, 7) is 1.92. The molecule has 0 saturated heterocycles. The van der Waals surface area contributed by atoms with Gasteiger partial charge in [-0.3, -0.25) is 0 Å². The zero-order valence-electron chi connectivity index (χ0n) is 9.72. The number of rotatable bonds is 5. The summed E-state index contributed by atoms with van der Waals surface area (Å²) >= 11 is 0. The van der Waals surface area contributed by atoms with Crippen LogP contribution in [0.2, 0.25) is 0 Å². The molecule has 0 amide bonds. The molecule has 1 rings (SSSR count). The molecule has 0 aromatic heterocycles. The molecule has 0 aromatic rings. The molecule has 1 N–H and O–H groups in total. The van der Waals surface area contributed by atoms with E-state index in [1.54, 1.807) is 13.2 Å². The molecule has 1 aliphatic rings. The lowest BCUT2D eigenvalue weighted by atomic mass is 9.89. The molecule has 1 aliphatic carbocycles. The zero-order chi connectivity index (χ0) is 12.0. The predicted molar refractivity (Wildman–Crippen MR) is 63.2 cm³/mol. The number of ether oxygens (including phenoxy) is 1. The Morgan fingerprint density at radius 1 is 1.62 bits per heavy atom. The molecule has 3 heteroatoms. The largest absolute Gasteiger partial charge is 0.478 e. The average Bonchev–Trinajstić information content (AvgIpc) is 2.30. The van der Waals surface area contributed by atoms with Gasteiger partial charge in [0.2, 0.25) is 0 Å². The van der Waals surface area contributed by atoms with E-state index in [0.29, 0.717) is 12.0 Å². The van der Waals surface area contributed by atoms with Crippen molar-refractivity contribution >= 4 is 5.97 Å². The standard InChI is InChI=1S/C13H18O3/c1-3-7-11(13(14)15)12(16-2)10-8-5-4-6-9-10/h4-8,10,12H,3,9H2,1-2H3,(H,14,15)/b11-7+. The van der Waals surface area contributed by atoms with Gasteiger partial charge < -0.3 is 9.84 Å². The first-order chi connectivity index (χ1) is 7.70. The molecule has 0 aliphatic heterocycles. The quantitative estimate of drug-likeness (QED) is 0.727. The summed E-state index contributed by atoms with van der Waals surface area (Å²) in [4.78, 5) is 11.1. The fourth-order valence-electron chi connectivity index (χ4n) is 1.90. The molecule has 0 radical (unpaired) electrons. The lowest BCUT2D eigenvalue weighted by Crippen LogP contribution is -2.28. The third-order valence-corrected chi connectivity index (χ3v) is 2.63. The van der Waals surface area contributed by atoms with Crippen LogP contribution in [0.1, 0.15) is 19.8 Å². The number of carboxylic acid groups (broad SMARTS) is 1. The van der Waals surface area contributed by atoms with Crippen molar-refractivity contribution in [3.8, 4) is 0 Å². The van der Waals surface area contributed by atoms with Crippen LogP contribution in [-0.2, 0) is 9.53 Å². The SMILES string of the molecule is CC/C=C(/C(=O)O)C(OC)C1C=CC=CC1. The third kappa shape index (κ3) is 3.07. The first-order valence-corrected chi connectivity index (χ1v) is 5.50. The minimum Gasteiger partial charge on any atom is -0.478 e. The highest BCUT2D eigenvalue weighted by Crippen LogP contribution is 2.24. The van der Waals surface area contributed by atoms with Gasteiger partial charge in [-0.1, -0.05) is 37.3 Å². The van der Waals surface area contributed by atoms with Crippen molar-refractivity contribution in [2.45, 2.75) is 25.9 Å². The van der Waals surface area contributed by atoms with Gasteiger partial charge in [-0.2, -0.15) is 0 Å². The van der Waals surface area contributed by atoms with Gasteiger partial charge in [-0.15, -0.1) is 0 Å². The van der Waals surface area contributed by atoms with E-state index in [1.165, 1.54) is 0 Å². The lowest BCUT2D eigenvalue weighted by molar-refractivity contribution is -0.134. The number of hydrogen-bond acceptors (Lipinski definition) is 2. The molecular formula is C13H18O3. The normalized spacial score (nSPS) is 22.1. The summed E-state index contributed by atoms with van der Waals surface area (Å²) < 4.78 is 5.33. The summed E-state index contributed by atoms with van der Waals surface area (Å²) in [6, 6.07) is 0. The van der Waals surface area contributed by atoms with Crippen LogP contribution in [-0.4, -0.2) is 24.3 Å². The van der Waals surface area contributed by atoms with E-state index in [-0.39, 0.29) is 12.0 Å². The van der Waals surface area contributed by atoms with Crippen LogP contribution in [0.15, 0.2) is 36.0 Å². The van der Waals surface area contributed by atoms with E-state index in [1.807, 2.05) is 31.2 Å². The molecule has 0 bridgehead atoms. The first-order valence-electron chi connectivity index (χ1n) is 5.50. The van der Waals surface area contributed by atoms with Gasteiger partial charge in [0, 0.05) is 13.0 Å². The Labute approximate surface area is 96.1 Å². The van der Waals surface area contributed by atoms with Crippen LogP contribution in [0, 0.1) is 5.92 Å². The number of hydrogen-bond donors (Lipinski definition) is 1. The Balaban J connectivity index is 2.86. The Kier molecular flexibility index (Phi) is 4.99. The Morgan fingerprint density at radius 2 is 2.38 bits per heavy atom. The van der Waals surface area contributed by atoms with E-state index < -0.39 is 5.97 Å². The maximum Gasteiger partial charge on any atom is 0.333 e. The zero-order valence-corrected chi connectivity index (χ0v) is 9.72. The summed E-state index contributed by atoms with van der Waals surface area (Å²) in [5.74, 6) is -0.777. The molecule has 0 heterocycles. The van der Waals surface area contributed by atoms with Crippen LogP contribution in [0.25, 0.3) is 0 Å².